The Labute approximate surface area is 108 Å². The number of carbonyl (C=O) groups excluding carboxylic acids is 1. The molecule has 0 aliphatic heterocycles. The fourth-order valence-electron chi connectivity index (χ4n) is 1.44. The van der Waals surface area contributed by atoms with E-state index < -0.39 is 23.6 Å². The number of aryl methyl sites for hydroxylation is 1. The third-order valence-corrected chi connectivity index (χ3v) is 2.45. The molecular weight excluding hydrogens is 254 g/mol. The number of rotatable bonds is 5. The van der Waals surface area contributed by atoms with Crippen molar-refractivity contribution in [3.63, 3.8) is 0 Å². The summed E-state index contributed by atoms with van der Waals surface area (Å²) in [5, 5.41) is 29.4. The van der Waals surface area contributed by atoms with Gasteiger partial charge in [-0.3, -0.25) is 9.59 Å². The Morgan fingerprint density at radius 2 is 1.79 bits per heavy atom. The van der Waals surface area contributed by atoms with Gasteiger partial charge < -0.3 is 20.6 Å². The number of benzene rings is 1. The molecule has 7 nitrogen and oxygen atoms in total. The lowest BCUT2D eigenvalue weighted by atomic mass is 10.1. The fourth-order valence-corrected chi connectivity index (χ4v) is 1.44. The predicted octanol–water partition coefficient (Wildman–Crippen LogP) is 1.20. The van der Waals surface area contributed by atoms with E-state index in [0.717, 1.165) is 0 Å². The summed E-state index contributed by atoms with van der Waals surface area (Å²) >= 11 is 0. The van der Waals surface area contributed by atoms with Crippen LogP contribution in [0.2, 0.25) is 0 Å². The summed E-state index contributed by atoms with van der Waals surface area (Å²) in [5.74, 6) is -3.59. The Morgan fingerprint density at radius 3 is 2.32 bits per heavy atom. The first kappa shape index (κ1) is 14.5. The summed E-state index contributed by atoms with van der Waals surface area (Å²) in [6.45, 7) is 1.58. The van der Waals surface area contributed by atoms with Gasteiger partial charge in [0.25, 0.3) is 0 Å². The summed E-state index contributed by atoms with van der Waals surface area (Å²) in [6, 6.07) is 2.66. The number of amides is 1. The Kier molecular flexibility index (Phi) is 4.46. The number of nitrogens with one attached hydrogen (secondary N) is 1. The summed E-state index contributed by atoms with van der Waals surface area (Å²) in [6.07, 6.45) is -0.601. The predicted molar refractivity (Wildman–Crippen MR) is 65.3 cm³/mol. The minimum atomic E-state index is -1.32. The van der Waals surface area contributed by atoms with Gasteiger partial charge in [0.1, 0.15) is 5.56 Å². The monoisotopic (exact) mass is 267 g/mol. The summed E-state index contributed by atoms with van der Waals surface area (Å²) in [7, 11) is 0. The zero-order valence-corrected chi connectivity index (χ0v) is 10.1. The van der Waals surface area contributed by atoms with Crippen LogP contribution in [0.15, 0.2) is 12.1 Å². The highest BCUT2D eigenvalue weighted by atomic mass is 16.4. The number of carboxylic acids is 2. The number of aromatic carboxylic acids is 1. The van der Waals surface area contributed by atoms with E-state index in [-0.39, 0.29) is 24.1 Å². The number of hydrogen-bond donors (Lipinski definition) is 4. The number of aliphatic carboxylic acids is 1. The van der Waals surface area contributed by atoms with E-state index in [0.29, 0.717) is 5.56 Å². The normalized spacial score (nSPS) is 9.95. The van der Waals surface area contributed by atoms with Crippen molar-refractivity contribution in [2.45, 2.75) is 19.8 Å². The van der Waals surface area contributed by atoms with E-state index in [2.05, 4.69) is 5.32 Å². The second-order valence-electron chi connectivity index (χ2n) is 3.90. The zero-order chi connectivity index (χ0) is 14.6. The van der Waals surface area contributed by atoms with Gasteiger partial charge in [-0.15, -0.1) is 0 Å². The lowest BCUT2D eigenvalue weighted by Gasteiger charge is -2.11. The molecule has 0 aliphatic carbocycles. The number of hydrogen-bond acceptors (Lipinski definition) is 4. The van der Waals surface area contributed by atoms with Crippen LogP contribution in [0.4, 0.5) is 5.69 Å². The lowest BCUT2D eigenvalue weighted by Crippen LogP contribution is -2.14. The lowest BCUT2D eigenvalue weighted by molar-refractivity contribution is -0.138. The SMILES string of the molecule is Cc1ccc(C(=O)O)c(O)c1NC(=O)CCC(=O)O. The average Bonchev–Trinajstić information content (AvgIpc) is 2.31. The van der Waals surface area contributed by atoms with Crippen LogP contribution in [-0.4, -0.2) is 33.2 Å². The third kappa shape index (κ3) is 3.70. The first-order valence-electron chi connectivity index (χ1n) is 5.40. The zero-order valence-electron chi connectivity index (χ0n) is 10.1. The molecule has 0 saturated heterocycles. The van der Waals surface area contributed by atoms with Gasteiger partial charge in [0.15, 0.2) is 5.75 Å². The van der Waals surface area contributed by atoms with Crippen LogP contribution in [0, 0.1) is 6.92 Å². The molecule has 0 heterocycles. The highest BCUT2D eigenvalue weighted by molar-refractivity contribution is 5.99. The van der Waals surface area contributed by atoms with Gasteiger partial charge in [0, 0.05) is 6.42 Å². The number of phenols is 1. The van der Waals surface area contributed by atoms with Gasteiger partial charge in [-0.25, -0.2) is 4.79 Å². The summed E-state index contributed by atoms with van der Waals surface area (Å²) in [4.78, 5) is 32.6. The Morgan fingerprint density at radius 1 is 1.16 bits per heavy atom. The first-order chi connectivity index (χ1) is 8.82. The average molecular weight is 267 g/mol. The summed E-state index contributed by atoms with van der Waals surface area (Å²) in [5.41, 5.74) is 0.126. The molecule has 0 saturated carbocycles. The van der Waals surface area contributed by atoms with Crippen molar-refractivity contribution >= 4 is 23.5 Å². The van der Waals surface area contributed by atoms with Crippen molar-refractivity contribution in [3.8, 4) is 5.75 Å². The van der Waals surface area contributed by atoms with E-state index in [9.17, 15) is 19.5 Å². The van der Waals surface area contributed by atoms with Crippen LogP contribution in [-0.2, 0) is 9.59 Å². The van der Waals surface area contributed by atoms with Gasteiger partial charge in [-0.05, 0) is 18.6 Å². The minimum absolute atomic E-state index is 0.0183. The van der Waals surface area contributed by atoms with E-state index in [4.69, 9.17) is 10.2 Å². The molecule has 7 heteroatoms. The highest BCUT2D eigenvalue weighted by Gasteiger charge is 2.17. The van der Waals surface area contributed by atoms with E-state index >= 15 is 0 Å². The molecule has 1 rings (SSSR count). The quantitative estimate of drug-likeness (QED) is 0.594. The molecule has 1 amide bonds. The largest absolute Gasteiger partial charge is 0.505 e. The maximum atomic E-state index is 11.5. The van der Waals surface area contributed by atoms with Crippen molar-refractivity contribution < 1.29 is 29.7 Å². The van der Waals surface area contributed by atoms with Crippen molar-refractivity contribution in [2.24, 2.45) is 0 Å². The Balaban J connectivity index is 2.94. The molecule has 0 spiro atoms. The topological polar surface area (TPSA) is 124 Å². The standard InChI is InChI=1S/C12H13NO6/c1-6-2-3-7(12(18)19)11(17)10(6)13-8(14)4-5-9(15)16/h2-3,17H,4-5H2,1H3,(H,13,14)(H,15,16)(H,18,19). The first-order valence-corrected chi connectivity index (χ1v) is 5.40. The van der Waals surface area contributed by atoms with Crippen LogP contribution >= 0.6 is 0 Å². The Bertz CT molecular complexity index is 537. The molecule has 0 aliphatic rings. The molecule has 4 N–H and O–H groups in total. The fraction of sp³-hybridized carbons (Fsp3) is 0.250. The molecular formula is C12H13NO6. The smallest absolute Gasteiger partial charge is 0.339 e. The van der Waals surface area contributed by atoms with Crippen molar-refractivity contribution in [1.82, 2.24) is 0 Å². The molecule has 0 bridgehead atoms. The second kappa shape index (κ2) is 5.85. The number of aromatic hydroxyl groups is 1. The third-order valence-electron chi connectivity index (χ3n) is 2.45. The molecule has 0 fully saturated rings. The summed E-state index contributed by atoms with van der Waals surface area (Å²) < 4.78 is 0. The van der Waals surface area contributed by atoms with Gasteiger partial charge in [0.2, 0.25) is 5.91 Å². The van der Waals surface area contributed by atoms with E-state index in [1.165, 1.54) is 12.1 Å². The van der Waals surface area contributed by atoms with Crippen LogP contribution in [0.25, 0.3) is 0 Å². The number of anilines is 1. The second-order valence-corrected chi connectivity index (χ2v) is 3.90. The van der Waals surface area contributed by atoms with Crippen molar-refractivity contribution in [2.75, 3.05) is 5.32 Å². The molecule has 0 unspecified atom stereocenters. The maximum absolute atomic E-state index is 11.5. The van der Waals surface area contributed by atoms with E-state index in [1.54, 1.807) is 6.92 Å². The molecule has 102 valence electrons. The van der Waals surface area contributed by atoms with Gasteiger partial charge >= 0.3 is 11.9 Å². The Hall–Kier alpha value is -2.57. The van der Waals surface area contributed by atoms with Crippen LogP contribution in [0.5, 0.6) is 5.75 Å². The van der Waals surface area contributed by atoms with E-state index in [1.807, 2.05) is 0 Å². The van der Waals surface area contributed by atoms with Crippen molar-refractivity contribution in [3.05, 3.63) is 23.3 Å². The van der Waals surface area contributed by atoms with Gasteiger partial charge in [-0.2, -0.15) is 0 Å². The van der Waals surface area contributed by atoms with Crippen LogP contribution < -0.4 is 5.32 Å². The molecule has 0 aromatic heterocycles. The van der Waals surface area contributed by atoms with Gasteiger partial charge in [-0.1, -0.05) is 6.07 Å². The molecule has 19 heavy (non-hydrogen) atoms. The van der Waals surface area contributed by atoms with Gasteiger partial charge in [0.05, 0.1) is 12.1 Å². The molecule has 0 radical (unpaired) electrons. The molecule has 1 aromatic rings. The van der Waals surface area contributed by atoms with Crippen LogP contribution in [0.1, 0.15) is 28.8 Å². The number of carboxylic acid groups (broad SMARTS) is 2. The highest BCUT2D eigenvalue weighted by Crippen LogP contribution is 2.31. The maximum Gasteiger partial charge on any atom is 0.339 e. The minimum Gasteiger partial charge on any atom is -0.505 e. The van der Waals surface area contributed by atoms with Crippen molar-refractivity contribution in [1.29, 1.82) is 0 Å². The van der Waals surface area contributed by atoms with Crippen LogP contribution in [0.3, 0.4) is 0 Å². The molecule has 0 atom stereocenters. The number of carbonyl (C=O) groups is 3. The molecule has 1 aromatic carbocycles.